The molecular weight excluding hydrogens is 348 g/mol. The second kappa shape index (κ2) is 7.17. The average molecular weight is 374 g/mol. The van der Waals surface area contributed by atoms with E-state index in [1.54, 1.807) is 18.7 Å². The number of fused-ring (bicyclic) bond motifs is 1. The summed E-state index contributed by atoms with van der Waals surface area (Å²) >= 11 is 0. The van der Waals surface area contributed by atoms with E-state index >= 15 is 0 Å². The van der Waals surface area contributed by atoms with E-state index in [9.17, 15) is 14.7 Å². The van der Waals surface area contributed by atoms with E-state index in [2.05, 4.69) is 10.1 Å². The number of methoxy groups -OCH3 is 1. The molecule has 0 aliphatic heterocycles. The summed E-state index contributed by atoms with van der Waals surface area (Å²) in [5.41, 5.74) is 3.58. The Balaban J connectivity index is 1.86. The largest absolute Gasteiger partial charge is 0.480 e. The van der Waals surface area contributed by atoms with Gasteiger partial charge in [-0.3, -0.25) is 4.79 Å². The van der Waals surface area contributed by atoms with Crippen molar-refractivity contribution in [2.45, 2.75) is 58.5 Å². The van der Waals surface area contributed by atoms with Crippen LogP contribution in [0, 0.1) is 13.8 Å². The van der Waals surface area contributed by atoms with E-state index in [-0.39, 0.29) is 18.4 Å². The molecule has 1 saturated carbocycles. The van der Waals surface area contributed by atoms with Crippen molar-refractivity contribution in [2.24, 2.45) is 7.05 Å². The average Bonchev–Trinajstić information content (AvgIpc) is 3.38. The molecular formula is C19H26N4O4. The molecule has 2 aromatic heterocycles. The molecule has 8 nitrogen and oxygen atoms in total. The van der Waals surface area contributed by atoms with Crippen LogP contribution in [0.4, 0.5) is 0 Å². The van der Waals surface area contributed by atoms with E-state index < -0.39 is 12.0 Å². The first-order valence-electron chi connectivity index (χ1n) is 9.17. The first kappa shape index (κ1) is 19.1. The van der Waals surface area contributed by atoms with Crippen molar-refractivity contribution in [3.05, 3.63) is 16.8 Å². The number of pyridine rings is 1. The normalized spacial score (nSPS) is 15.0. The maximum absolute atomic E-state index is 12.8. The van der Waals surface area contributed by atoms with Gasteiger partial charge < -0.3 is 14.7 Å². The smallest absolute Gasteiger partial charge is 0.326 e. The van der Waals surface area contributed by atoms with Crippen LogP contribution in [0.15, 0.2) is 0 Å². The number of aliphatic carboxylic acids is 1. The highest BCUT2D eigenvalue weighted by molar-refractivity contribution is 5.87. The Morgan fingerprint density at radius 3 is 2.59 bits per heavy atom. The quantitative estimate of drug-likeness (QED) is 0.796. The van der Waals surface area contributed by atoms with Crippen molar-refractivity contribution in [1.29, 1.82) is 0 Å². The lowest BCUT2D eigenvalue weighted by molar-refractivity contribution is -0.150. The standard InChI is InChI=1S/C19H26N4O4/c1-10-14(11(2)20-17-16(10)18(27-5)21-22(17)4)8-9-15(24)23(13-6-7-13)12(3)19(25)26/h12-13H,6-9H2,1-5H3,(H,25,26). The number of rotatable bonds is 7. The zero-order valence-electron chi connectivity index (χ0n) is 16.4. The molecule has 0 aromatic carbocycles. The fourth-order valence-corrected chi connectivity index (χ4v) is 3.68. The van der Waals surface area contributed by atoms with Gasteiger partial charge in [0.2, 0.25) is 11.8 Å². The highest BCUT2D eigenvalue weighted by Gasteiger charge is 2.38. The van der Waals surface area contributed by atoms with Gasteiger partial charge in [0.05, 0.1) is 12.5 Å². The van der Waals surface area contributed by atoms with Crippen molar-refractivity contribution >= 4 is 22.9 Å². The number of carbonyl (C=O) groups is 2. The van der Waals surface area contributed by atoms with Crippen LogP contribution in [0.1, 0.15) is 43.0 Å². The van der Waals surface area contributed by atoms with Crippen LogP contribution in [-0.2, 0) is 23.1 Å². The van der Waals surface area contributed by atoms with Gasteiger partial charge in [0.1, 0.15) is 6.04 Å². The topological polar surface area (TPSA) is 97.5 Å². The summed E-state index contributed by atoms with van der Waals surface area (Å²) in [6.45, 7) is 5.48. The number of amides is 1. The van der Waals surface area contributed by atoms with Gasteiger partial charge in [-0.05, 0) is 51.2 Å². The Morgan fingerprint density at radius 2 is 2.04 bits per heavy atom. The van der Waals surface area contributed by atoms with Crippen LogP contribution in [-0.4, -0.2) is 55.8 Å². The molecule has 8 heteroatoms. The number of carboxylic acids is 1. The number of carbonyl (C=O) groups excluding carboxylic acids is 1. The number of hydrogen-bond donors (Lipinski definition) is 1. The predicted octanol–water partition coefficient (Wildman–Crippen LogP) is 1.99. The third-order valence-electron chi connectivity index (χ3n) is 5.31. The first-order valence-corrected chi connectivity index (χ1v) is 9.17. The molecule has 27 heavy (non-hydrogen) atoms. The number of aromatic nitrogens is 3. The van der Waals surface area contributed by atoms with E-state index in [4.69, 9.17) is 4.74 Å². The summed E-state index contributed by atoms with van der Waals surface area (Å²) in [6.07, 6.45) is 2.52. The van der Waals surface area contributed by atoms with Crippen molar-refractivity contribution in [1.82, 2.24) is 19.7 Å². The molecule has 3 rings (SSSR count). The molecule has 146 valence electrons. The van der Waals surface area contributed by atoms with Crippen molar-refractivity contribution in [2.75, 3.05) is 7.11 Å². The molecule has 1 aliphatic carbocycles. The molecule has 2 aromatic rings. The van der Waals surface area contributed by atoms with E-state index in [0.29, 0.717) is 12.3 Å². The van der Waals surface area contributed by atoms with Crippen LogP contribution in [0.3, 0.4) is 0 Å². The second-order valence-electron chi connectivity index (χ2n) is 7.18. The summed E-state index contributed by atoms with van der Waals surface area (Å²) in [4.78, 5) is 30.3. The molecule has 1 amide bonds. The second-order valence-corrected chi connectivity index (χ2v) is 7.18. The number of nitrogens with zero attached hydrogens (tertiary/aromatic N) is 4. The van der Waals surface area contributed by atoms with Gasteiger partial charge >= 0.3 is 5.97 Å². The van der Waals surface area contributed by atoms with Crippen LogP contribution in [0.25, 0.3) is 11.0 Å². The third kappa shape index (κ3) is 3.48. The van der Waals surface area contributed by atoms with Gasteiger partial charge in [-0.2, -0.15) is 0 Å². The molecule has 0 saturated heterocycles. The lowest BCUT2D eigenvalue weighted by Gasteiger charge is -2.26. The van der Waals surface area contributed by atoms with Crippen LogP contribution < -0.4 is 4.74 Å². The Bertz CT molecular complexity index is 901. The van der Waals surface area contributed by atoms with Crippen LogP contribution in [0.5, 0.6) is 5.88 Å². The van der Waals surface area contributed by atoms with E-state index in [0.717, 1.165) is 40.7 Å². The van der Waals surface area contributed by atoms with Gasteiger partial charge in [-0.15, -0.1) is 5.10 Å². The molecule has 1 N–H and O–H groups in total. The van der Waals surface area contributed by atoms with Gasteiger partial charge in [0.15, 0.2) is 5.65 Å². The van der Waals surface area contributed by atoms with Gasteiger partial charge in [-0.25, -0.2) is 14.5 Å². The van der Waals surface area contributed by atoms with Gasteiger partial charge in [0, 0.05) is 25.2 Å². The summed E-state index contributed by atoms with van der Waals surface area (Å²) in [5, 5.41) is 14.5. The minimum absolute atomic E-state index is 0.0600. The fourth-order valence-electron chi connectivity index (χ4n) is 3.68. The van der Waals surface area contributed by atoms with E-state index in [1.165, 1.54) is 4.90 Å². The summed E-state index contributed by atoms with van der Waals surface area (Å²) in [6, 6.07) is -0.740. The van der Waals surface area contributed by atoms with Crippen molar-refractivity contribution in [3.63, 3.8) is 0 Å². The Kier molecular flexibility index (Phi) is 5.08. The third-order valence-corrected chi connectivity index (χ3v) is 5.31. The first-order chi connectivity index (χ1) is 12.8. The minimum atomic E-state index is -0.967. The fraction of sp³-hybridized carbons (Fsp3) is 0.579. The molecule has 1 aliphatic rings. The maximum Gasteiger partial charge on any atom is 0.326 e. The minimum Gasteiger partial charge on any atom is -0.480 e. The Labute approximate surface area is 158 Å². The van der Waals surface area contributed by atoms with Crippen molar-refractivity contribution in [3.8, 4) is 5.88 Å². The number of ether oxygens (including phenoxy) is 1. The zero-order chi connectivity index (χ0) is 19.9. The highest BCUT2D eigenvalue weighted by Crippen LogP contribution is 2.32. The number of carboxylic acid groups (broad SMARTS) is 1. The number of hydrogen-bond acceptors (Lipinski definition) is 5. The summed E-state index contributed by atoms with van der Waals surface area (Å²) in [7, 11) is 3.39. The van der Waals surface area contributed by atoms with E-state index in [1.807, 2.05) is 20.9 Å². The molecule has 0 bridgehead atoms. The highest BCUT2D eigenvalue weighted by atomic mass is 16.5. The summed E-state index contributed by atoms with van der Waals surface area (Å²) in [5.74, 6) is -0.570. The van der Waals surface area contributed by atoms with Gasteiger partial charge in [0.25, 0.3) is 0 Å². The van der Waals surface area contributed by atoms with Crippen molar-refractivity contribution < 1.29 is 19.4 Å². The SMILES string of the molecule is COc1nn(C)c2nc(C)c(CCC(=O)N(C3CC3)C(C)C(=O)O)c(C)c12. The lowest BCUT2D eigenvalue weighted by atomic mass is 9.99. The molecule has 0 spiro atoms. The molecule has 2 heterocycles. The van der Waals surface area contributed by atoms with Gasteiger partial charge in [-0.1, -0.05) is 0 Å². The lowest BCUT2D eigenvalue weighted by Crippen LogP contribution is -2.44. The molecule has 1 fully saturated rings. The Morgan fingerprint density at radius 1 is 1.37 bits per heavy atom. The van der Waals surface area contributed by atoms with Crippen LogP contribution >= 0.6 is 0 Å². The zero-order valence-corrected chi connectivity index (χ0v) is 16.4. The Hall–Kier alpha value is -2.64. The molecule has 0 radical (unpaired) electrons. The molecule has 1 atom stereocenters. The predicted molar refractivity (Wildman–Crippen MR) is 99.8 cm³/mol. The maximum atomic E-state index is 12.8. The monoisotopic (exact) mass is 374 g/mol. The van der Waals surface area contributed by atoms with Crippen LogP contribution in [0.2, 0.25) is 0 Å². The molecule has 1 unspecified atom stereocenters. The number of aryl methyl sites for hydroxylation is 3. The summed E-state index contributed by atoms with van der Waals surface area (Å²) < 4.78 is 7.06.